The van der Waals surface area contributed by atoms with Gasteiger partial charge in [-0.15, -0.1) is 0 Å². The van der Waals surface area contributed by atoms with E-state index in [0.29, 0.717) is 30.4 Å². The largest absolute Gasteiger partial charge is 0.440 e. The van der Waals surface area contributed by atoms with Crippen LogP contribution in [0.2, 0.25) is 0 Å². The first-order valence-electron chi connectivity index (χ1n) is 7.80. The summed E-state index contributed by atoms with van der Waals surface area (Å²) < 4.78 is 32.8. The summed E-state index contributed by atoms with van der Waals surface area (Å²) in [5, 5.41) is 0. The third-order valence-corrected chi connectivity index (χ3v) is 4.05. The van der Waals surface area contributed by atoms with E-state index >= 15 is 0 Å². The maximum Gasteiger partial charge on any atom is 0.245 e. The SMILES string of the molecule is Fc1cc(F)cc(N2CCCc3oc(-c4ccccn4)nc3C2)c1. The predicted octanol–water partition coefficient (Wildman–Crippen LogP) is 3.97. The molecule has 1 aliphatic rings. The van der Waals surface area contributed by atoms with E-state index in [1.807, 2.05) is 23.1 Å². The molecule has 24 heavy (non-hydrogen) atoms. The minimum Gasteiger partial charge on any atom is -0.440 e. The fraction of sp³-hybridized carbons (Fsp3) is 0.222. The van der Waals surface area contributed by atoms with Crippen molar-refractivity contribution in [1.29, 1.82) is 0 Å². The van der Waals surface area contributed by atoms with Crippen molar-refractivity contribution in [2.75, 3.05) is 11.4 Å². The second kappa shape index (κ2) is 6.03. The number of anilines is 1. The first-order valence-corrected chi connectivity index (χ1v) is 7.80. The van der Waals surface area contributed by atoms with Crippen LogP contribution < -0.4 is 4.90 Å². The molecule has 6 heteroatoms. The van der Waals surface area contributed by atoms with Crippen LogP contribution in [-0.2, 0) is 13.0 Å². The number of fused-ring (bicyclic) bond motifs is 1. The van der Waals surface area contributed by atoms with E-state index in [2.05, 4.69) is 9.97 Å². The van der Waals surface area contributed by atoms with Crippen molar-refractivity contribution in [2.24, 2.45) is 0 Å². The Hall–Kier alpha value is -2.76. The minimum absolute atomic E-state index is 0.453. The Morgan fingerprint density at radius 2 is 1.92 bits per heavy atom. The van der Waals surface area contributed by atoms with Gasteiger partial charge in [0.25, 0.3) is 0 Å². The second-order valence-electron chi connectivity index (χ2n) is 5.76. The molecule has 2 aromatic heterocycles. The van der Waals surface area contributed by atoms with Gasteiger partial charge in [-0.1, -0.05) is 6.07 Å². The number of hydrogen-bond acceptors (Lipinski definition) is 4. The fourth-order valence-corrected chi connectivity index (χ4v) is 2.93. The molecule has 0 saturated heterocycles. The normalized spacial score (nSPS) is 14.3. The zero-order valence-electron chi connectivity index (χ0n) is 12.9. The van der Waals surface area contributed by atoms with Crippen molar-refractivity contribution in [1.82, 2.24) is 9.97 Å². The number of oxazole rings is 1. The highest BCUT2D eigenvalue weighted by Gasteiger charge is 2.22. The summed E-state index contributed by atoms with van der Waals surface area (Å²) >= 11 is 0. The molecule has 0 spiro atoms. The smallest absolute Gasteiger partial charge is 0.245 e. The van der Waals surface area contributed by atoms with Gasteiger partial charge in [0, 0.05) is 30.9 Å². The molecule has 0 atom stereocenters. The number of nitrogens with zero attached hydrogens (tertiary/aromatic N) is 3. The average Bonchev–Trinajstić information content (AvgIpc) is 2.86. The number of rotatable bonds is 2. The molecule has 0 radical (unpaired) electrons. The Labute approximate surface area is 137 Å². The average molecular weight is 327 g/mol. The molecule has 0 fully saturated rings. The van der Waals surface area contributed by atoms with E-state index in [1.165, 1.54) is 12.1 Å². The molecule has 0 bridgehead atoms. The molecule has 0 amide bonds. The molecule has 3 heterocycles. The monoisotopic (exact) mass is 327 g/mol. The lowest BCUT2D eigenvalue weighted by Gasteiger charge is -2.22. The number of halogens is 2. The Morgan fingerprint density at radius 3 is 2.67 bits per heavy atom. The van der Waals surface area contributed by atoms with Gasteiger partial charge in [-0.3, -0.25) is 4.98 Å². The van der Waals surface area contributed by atoms with E-state index in [9.17, 15) is 8.78 Å². The number of benzene rings is 1. The van der Waals surface area contributed by atoms with Crippen LogP contribution in [-0.4, -0.2) is 16.5 Å². The van der Waals surface area contributed by atoms with E-state index in [1.54, 1.807) is 6.20 Å². The molecule has 0 N–H and O–H groups in total. The Kier molecular flexibility index (Phi) is 3.72. The molecular formula is C18H15F2N3O. The molecule has 122 valence electrons. The van der Waals surface area contributed by atoms with Gasteiger partial charge in [0.15, 0.2) is 0 Å². The summed E-state index contributed by atoms with van der Waals surface area (Å²) in [5.74, 6) is 0.135. The van der Waals surface area contributed by atoms with E-state index in [4.69, 9.17) is 4.42 Å². The van der Waals surface area contributed by atoms with Crippen LogP contribution in [0.15, 0.2) is 47.0 Å². The number of aryl methyl sites for hydroxylation is 1. The van der Waals surface area contributed by atoms with Crippen LogP contribution >= 0.6 is 0 Å². The maximum absolute atomic E-state index is 13.5. The van der Waals surface area contributed by atoms with Crippen LogP contribution in [0.4, 0.5) is 14.5 Å². The lowest BCUT2D eigenvalue weighted by atomic mass is 10.2. The van der Waals surface area contributed by atoms with Crippen LogP contribution in [0.25, 0.3) is 11.6 Å². The van der Waals surface area contributed by atoms with Crippen LogP contribution in [0, 0.1) is 11.6 Å². The highest BCUT2D eigenvalue weighted by molar-refractivity contribution is 5.50. The van der Waals surface area contributed by atoms with Crippen molar-refractivity contribution >= 4 is 5.69 Å². The molecule has 4 rings (SSSR count). The lowest BCUT2D eigenvalue weighted by Crippen LogP contribution is -2.23. The lowest BCUT2D eigenvalue weighted by molar-refractivity contribution is 0.511. The van der Waals surface area contributed by atoms with E-state index in [-0.39, 0.29) is 0 Å². The number of aromatic nitrogens is 2. The summed E-state index contributed by atoms with van der Waals surface area (Å²) in [4.78, 5) is 10.7. The first kappa shape index (κ1) is 14.8. The summed E-state index contributed by atoms with van der Waals surface area (Å²) in [7, 11) is 0. The minimum atomic E-state index is -0.580. The van der Waals surface area contributed by atoms with Crippen molar-refractivity contribution in [3.8, 4) is 11.6 Å². The second-order valence-corrected chi connectivity index (χ2v) is 5.76. The maximum atomic E-state index is 13.5. The third kappa shape index (κ3) is 2.87. The molecular weight excluding hydrogens is 312 g/mol. The summed E-state index contributed by atoms with van der Waals surface area (Å²) in [5.41, 5.74) is 1.98. The van der Waals surface area contributed by atoms with Crippen molar-refractivity contribution in [2.45, 2.75) is 19.4 Å². The highest BCUT2D eigenvalue weighted by Crippen LogP contribution is 2.28. The highest BCUT2D eigenvalue weighted by atomic mass is 19.1. The van der Waals surface area contributed by atoms with Gasteiger partial charge in [-0.2, -0.15) is 0 Å². The molecule has 0 unspecified atom stereocenters. The van der Waals surface area contributed by atoms with Gasteiger partial charge < -0.3 is 9.32 Å². The molecule has 4 nitrogen and oxygen atoms in total. The molecule has 1 aliphatic heterocycles. The van der Waals surface area contributed by atoms with Crippen LogP contribution in [0.1, 0.15) is 17.9 Å². The fourth-order valence-electron chi connectivity index (χ4n) is 2.93. The van der Waals surface area contributed by atoms with Crippen molar-refractivity contribution < 1.29 is 13.2 Å². The van der Waals surface area contributed by atoms with Crippen LogP contribution in [0.5, 0.6) is 0 Å². The van der Waals surface area contributed by atoms with Gasteiger partial charge >= 0.3 is 0 Å². The quantitative estimate of drug-likeness (QED) is 0.714. The zero-order chi connectivity index (χ0) is 16.5. The van der Waals surface area contributed by atoms with Crippen LogP contribution in [0.3, 0.4) is 0 Å². The van der Waals surface area contributed by atoms with Gasteiger partial charge in [-0.05, 0) is 30.7 Å². The summed E-state index contributed by atoms with van der Waals surface area (Å²) in [6.07, 6.45) is 3.25. The van der Waals surface area contributed by atoms with Gasteiger partial charge in [0.1, 0.15) is 28.8 Å². The Morgan fingerprint density at radius 1 is 1.08 bits per heavy atom. The Bertz CT molecular complexity index is 844. The van der Waals surface area contributed by atoms with E-state index < -0.39 is 11.6 Å². The van der Waals surface area contributed by atoms with E-state index in [0.717, 1.165) is 30.4 Å². The summed E-state index contributed by atoms with van der Waals surface area (Å²) in [6.45, 7) is 1.14. The molecule has 0 aliphatic carbocycles. The number of hydrogen-bond donors (Lipinski definition) is 0. The van der Waals surface area contributed by atoms with Crippen molar-refractivity contribution in [3.05, 3.63) is 65.7 Å². The predicted molar refractivity (Wildman–Crippen MR) is 85.5 cm³/mol. The standard InChI is InChI=1S/C18H15F2N3O/c19-12-8-13(20)10-14(9-12)23-7-3-5-17-16(11-23)22-18(24-17)15-4-1-2-6-21-15/h1-2,4,6,8-10H,3,5,7,11H2. The summed E-state index contributed by atoms with van der Waals surface area (Å²) in [6, 6.07) is 9.10. The first-order chi connectivity index (χ1) is 11.7. The van der Waals surface area contributed by atoms with Crippen molar-refractivity contribution in [3.63, 3.8) is 0 Å². The molecule has 0 saturated carbocycles. The molecule has 1 aromatic carbocycles. The van der Waals surface area contributed by atoms with Gasteiger partial charge in [0.2, 0.25) is 5.89 Å². The Balaban J connectivity index is 1.66. The number of pyridine rings is 1. The van der Waals surface area contributed by atoms with Gasteiger partial charge in [-0.25, -0.2) is 13.8 Å². The topological polar surface area (TPSA) is 42.2 Å². The van der Waals surface area contributed by atoms with Gasteiger partial charge in [0.05, 0.1) is 6.54 Å². The molecule has 3 aromatic rings. The third-order valence-electron chi connectivity index (χ3n) is 4.05. The zero-order valence-corrected chi connectivity index (χ0v) is 12.9.